The number of hydrogen-bond donors (Lipinski definition) is 1. The van der Waals surface area contributed by atoms with Crippen LogP contribution in [-0.4, -0.2) is 6.61 Å². The van der Waals surface area contributed by atoms with E-state index in [9.17, 15) is 8.78 Å². The summed E-state index contributed by atoms with van der Waals surface area (Å²) in [5.74, 6) is 0.0393. The van der Waals surface area contributed by atoms with Gasteiger partial charge >= 0.3 is 6.61 Å². The van der Waals surface area contributed by atoms with Crippen molar-refractivity contribution >= 4 is 5.69 Å². The molecule has 2 N–H and O–H groups in total. The molecule has 2 nitrogen and oxygen atoms in total. The van der Waals surface area contributed by atoms with Gasteiger partial charge in [-0.1, -0.05) is 26.8 Å². The Kier molecular flexibility index (Phi) is 3.17. The minimum Gasteiger partial charge on any atom is -0.433 e. The van der Waals surface area contributed by atoms with Gasteiger partial charge in [0.05, 0.1) is 5.69 Å². The Bertz CT molecular complexity index is 345. The van der Waals surface area contributed by atoms with Gasteiger partial charge in [-0.05, 0) is 23.1 Å². The van der Waals surface area contributed by atoms with Crippen molar-refractivity contribution < 1.29 is 13.5 Å². The molecular formula is C11H15F2NO. The van der Waals surface area contributed by atoms with Crippen molar-refractivity contribution in [1.29, 1.82) is 0 Å². The predicted molar refractivity (Wildman–Crippen MR) is 56.2 cm³/mol. The van der Waals surface area contributed by atoms with Crippen LogP contribution in [0.15, 0.2) is 18.2 Å². The van der Waals surface area contributed by atoms with Gasteiger partial charge in [-0.15, -0.1) is 0 Å². The van der Waals surface area contributed by atoms with Crippen LogP contribution in [0, 0.1) is 0 Å². The van der Waals surface area contributed by atoms with E-state index in [0.717, 1.165) is 5.56 Å². The Balaban J connectivity index is 3.06. The lowest BCUT2D eigenvalue weighted by molar-refractivity contribution is -0.0494. The summed E-state index contributed by atoms with van der Waals surface area (Å²) in [5.41, 5.74) is 6.54. The number of rotatable bonds is 2. The number of hydrogen-bond acceptors (Lipinski definition) is 2. The molecule has 4 heteroatoms. The molecule has 0 aliphatic heterocycles. The summed E-state index contributed by atoms with van der Waals surface area (Å²) in [6, 6.07) is 4.95. The van der Waals surface area contributed by atoms with Gasteiger partial charge in [0.25, 0.3) is 0 Å². The average Bonchev–Trinajstić information content (AvgIpc) is 2.06. The fourth-order valence-electron chi connectivity index (χ4n) is 1.20. The van der Waals surface area contributed by atoms with Gasteiger partial charge in [0, 0.05) is 0 Å². The van der Waals surface area contributed by atoms with E-state index in [0.29, 0.717) is 0 Å². The molecule has 0 aromatic heterocycles. The molecule has 0 saturated heterocycles. The van der Waals surface area contributed by atoms with E-state index >= 15 is 0 Å². The smallest absolute Gasteiger partial charge is 0.387 e. The summed E-state index contributed by atoms with van der Waals surface area (Å²) >= 11 is 0. The first-order valence-electron chi connectivity index (χ1n) is 4.65. The molecule has 0 spiro atoms. The Morgan fingerprint density at radius 3 is 2.33 bits per heavy atom. The number of halogens is 2. The summed E-state index contributed by atoms with van der Waals surface area (Å²) in [7, 11) is 0. The van der Waals surface area contributed by atoms with Crippen LogP contribution in [0.1, 0.15) is 26.3 Å². The third kappa shape index (κ3) is 3.08. The van der Waals surface area contributed by atoms with Crippen LogP contribution in [0.2, 0.25) is 0 Å². The SMILES string of the molecule is CC(C)(C)c1ccc(N)c(OC(F)F)c1. The number of anilines is 1. The third-order valence-electron chi connectivity index (χ3n) is 2.10. The second kappa shape index (κ2) is 4.04. The maximum atomic E-state index is 12.1. The van der Waals surface area contributed by atoms with Gasteiger partial charge < -0.3 is 10.5 Å². The van der Waals surface area contributed by atoms with Gasteiger partial charge in [0.2, 0.25) is 0 Å². The van der Waals surface area contributed by atoms with Crippen LogP contribution < -0.4 is 10.5 Å². The van der Waals surface area contributed by atoms with Crippen molar-refractivity contribution in [2.45, 2.75) is 32.8 Å². The highest BCUT2D eigenvalue weighted by Crippen LogP contribution is 2.30. The highest BCUT2D eigenvalue weighted by molar-refractivity contribution is 5.54. The predicted octanol–water partition coefficient (Wildman–Crippen LogP) is 3.17. The van der Waals surface area contributed by atoms with Crippen molar-refractivity contribution in [1.82, 2.24) is 0 Å². The molecule has 15 heavy (non-hydrogen) atoms. The normalized spacial score (nSPS) is 11.9. The van der Waals surface area contributed by atoms with Crippen molar-refractivity contribution in [2.75, 3.05) is 5.73 Å². The first-order chi connectivity index (χ1) is 6.80. The van der Waals surface area contributed by atoms with E-state index in [1.807, 2.05) is 26.8 Å². The topological polar surface area (TPSA) is 35.2 Å². The van der Waals surface area contributed by atoms with E-state index in [-0.39, 0.29) is 16.9 Å². The second-order valence-corrected chi connectivity index (χ2v) is 4.38. The number of ether oxygens (including phenoxy) is 1. The summed E-state index contributed by atoms with van der Waals surface area (Å²) < 4.78 is 28.4. The fourth-order valence-corrected chi connectivity index (χ4v) is 1.20. The molecule has 0 unspecified atom stereocenters. The molecule has 0 radical (unpaired) electrons. The average molecular weight is 215 g/mol. The Hall–Kier alpha value is -1.32. The molecule has 0 fully saturated rings. The zero-order valence-corrected chi connectivity index (χ0v) is 9.05. The molecule has 0 aliphatic carbocycles. The van der Waals surface area contributed by atoms with Crippen LogP contribution in [0.5, 0.6) is 5.75 Å². The molecule has 1 aromatic rings. The van der Waals surface area contributed by atoms with Gasteiger partial charge in [-0.3, -0.25) is 0 Å². The lowest BCUT2D eigenvalue weighted by Crippen LogP contribution is -2.12. The number of nitrogens with two attached hydrogens (primary N) is 1. The van der Waals surface area contributed by atoms with Gasteiger partial charge in [-0.25, -0.2) is 0 Å². The Morgan fingerprint density at radius 2 is 1.87 bits per heavy atom. The number of alkyl halides is 2. The lowest BCUT2D eigenvalue weighted by atomic mass is 9.87. The first-order valence-corrected chi connectivity index (χ1v) is 4.65. The summed E-state index contributed by atoms with van der Waals surface area (Å²) in [4.78, 5) is 0. The Labute approximate surface area is 88.0 Å². The molecule has 0 amide bonds. The zero-order chi connectivity index (χ0) is 11.6. The zero-order valence-electron chi connectivity index (χ0n) is 9.05. The standard InChI is InChI=1S/C11H15F2NO/c1-11(2,3)7-4-5-8(14)9(6-7)15-10(12)13/h4-6,10H,14H2,1-3H3. The van der Waals surface area contributed by atoms with Gasteiger partial charge in [0.15, 0.2) is 0 Å². The molecule has 1 aromatic carbocycles. The van der Waals surface area contributed by atoms with Crippen molar-refractivity contribution in [2.24, 2.45) is 0 Å². The number of benzene rings is 1. The molecule has 84 valence electrons. The highest BCUT2D eigenvalue weighted by atomic mass is 19.3. The van der Waals surface area contributed by atoms with Crippen LogP contribution in [0.3, 0.4) is 0 Å². The first kappa shape index (κ1) is 11.8. The highest BCUT2D eigenvalue weighted by Gasteiger charge is 2.16. The van der Waals surface area contributed by atoms with E-state index in [4.69, 9.17) is 5.73 Å². The van der Waals surface area contributed by atoms with Crippen LogP contribution in [0.25, 0.3) is 0 Å². The minimum absolute atomic E-state index is 0.0393. The third-order valence-corrected chi connectivity index (χ3v) is 2.10. The maximum absolute atomic E-state index is 12.1. The van der Waals surface area contributed by atoms with Crippen molar-refractivity contribution in [3.05, 3.63) is 23.8 Å². The lowest BCUT2D eigenvalue weighted by Gasteiger charge is -2.20. The van der Waals surface area contributed by atoms with Crippen molar-refractivity contribution in [3.63, 3.8) is 0 Å². The molecular weight excluding hydrogens is 200 g/mol. The largest absolute Gasteiger partial charge is 0.433 e. The fraction of sp³-hybridized carbons (Fsp3) is 0.455. The van der Waals surface area contributed by atoms with Gasteiger partial charge in [0.1, 0.15) is 5.75 Å². The van der Waals surface area contributed by atoms with E-state index < -0.39 is 6.61 Å². The van der Waals surface area contributed by atoms with Gasteiger partial charge in [-0.2, -0.15) is 8.78 Å². The molecule has 0 heterocycles. The van der Waals surface area contributed by atoms with E-state index in [1.165, 1.54) is 0 Å². The minimum atomic E-state index is -2.84. The molecule has 0 atom stereocenters. The maximum Gasteiger partial charge on any atom is 0.387 e. The monoisotopic (exact) mass is 215 g/mol. The van der Waals surface area contributed by atoms with Crippen LogP contribution in [0.4, 0.5) is 14.5 Å². The quantitative estimate of drug-likeness (QED) is 0.769. The summed E-state index contributed by atoms with van der Waals surface area (Å²) in [6.07, 6.45) is 0. The summed E-state index contributed by atoms with van der Waals surface area (Å²) in [6.45, 7) is 3.13. The van der Waals surface area contributed by atoms with Crippen molar-refractivity contribution in [3.8, 4) is 5.75 Å². The second-order valence-electron chi connectivity index (χ2n) is 4.38. The Morgan fingerprint density at radius 1 is 1.27 bits per heavy atom. The molecule has 0 saturated carbocycles. The van der Waals surface area contributed by atoms with Crippen LogP contribution in [-0.2, 0) is 5.41 Å². The summed E-state index contributed by atoms with van der Waals surface area (Å²) in [5, 5.41) is 0. The van der Waals surface area contributed by atoms with E-state index in [2.05, 4.69) is 4.74 Å². The molecule has 0 bridgehead atoms. The van der Waals surface area contributed by atoms with E-state index in [1.54, 1.807) is 12.1 Å². The molecule has 0 aliphatic rings. The molecule has 1 rings (SSSR count). The number of nitrogen functional groups attached to an aromatic ring is 1. The van der Waals surface area contributed by atoms with Crippen LogP contribution >= 0.6 is 0 Å².